The van der Waals surface area contributed by atoms with Gasteiger partial charge in [-0.1, -0.05) is 0 Å². The molecule has 0 fully saturated rings. The average Bonchev–Trinajstić information content (AvgIpc) is 2.64. The van der Waals surface area contributed by atoms with Gasteiger partial charge in [-0.2, -0.15) is 0 Å². The van der Waals surface area contributed by atoms with Gasteiger partial charge in [0.25, 0.3) is 0 Å². The Morgan fingerprint density at radius 3 is 2.69 bits per heavy atom. The molecule has 6 nitrogen and oxygen atoms in total. The van der Waals surface area contributed by atoms with Crippen LogP contribution in [0.5, 0.6) is 0 Å². The molecule has 2 aromatic rings. The first kappa shape index (κ1) is 10.2. The normalized spacial score (nSPS) is 10.3. The van der Waals surface area contributed by atoms with Gasteiger partial charge in [-0.05, 0) is 30.7 Å². The minimum Gasteiger partial charge on any atom is -0.366 e. The van der Waals surface area contributed by atoms with E-state index in [1.165, 1.54) is 11.0 Å². The molecule has 0 bridgehead atoms. The summed E-state index contributed by atoms with van der Waals surface area (Å²) >= 11 is 0. The Labute approximate surface area is 91.9 Å². The molecule has 82 valence electrons. The fraction of sp³-hybridized carbons (Fsp3) is 0.100. The van der Waals surface area contributed by atoms with Gasteiger partial charge in [-0.3, -0.25) is 4.79 Å². The van der Waals surface area contributed by atoms with Crippen LogP contribution in [0.3, 0.4) is 0 Å². The highest BCUT2D eigenvalue weighted by atomic mass is 16.1. The van der Waals surface area contributed by atoms with Crippen LogP contribution in [-0.4, -0.2) is 20.7 Å². The van der Waals surface area contributed by atoms with Gasteiger partial charge in [0.05, 0.1) is 5.69 Å². The van der Waals surface area contributed by atoms with Gasteiger partial charge in [0.15, 0.2) is 0 Å². The van der Waals surface area contributed by atoms with E-state index < -0.39 is 5.91 Å². The zero-order valence-corrected chi connectivity index (χ0v) is 8.71. The van der Waals surface area contributed by atoms with Crippen LogP contribution in [0.1, 0.15) is 15.9 Å². The van der Waals surface area contributed by atoms with Gasteiger partial charge >= 0.3 is 0 Å². The summed E-state index contributed by atoms with van der Waals surface area (Å²) in [7, 11) is 0. The number of nitrogens with zero attached hydrogens (tertiary/aromatic N) is 3. The van der Waals surface area contributed by atoms with Gasteiger partial charge in [0.1, 0.15) is 6.33 Å². The molecular formula is C10H11N5O. The van der Waals surface area contributed by atoms with Crippen molar-refractivity contribution >= 4 is 11.9 Å². The Hall–Kier alpha value is -2.37. The molecule has 6 heteroatoms. The highest BCUT2D eigenvalue weighted by molar-refractivity contribution is 5.94. The lowest BCUT2D eigenvalue weighted by atomic mass is 10.1. The smallest absolute Gasteiger partial charge is 0.248 e. The van der Waals surface area contributed by atoms with Crippen molar-refractivity contribution < 1.29 is 4.79 Å². The molecule has 0 saturated heterocycles. The second-order valence-corrected chi connectivity index (χ2v) is 3.41. The maximum atomic E-state index is 11.0. The van der Waals surface area contributed by atoms with Crippen LogP contribution >= 0.6 is 0 Å². The van der Waals surface area contributed by atoms with Crippen LogP contribution in [0.15, 0.2) is 24.5 Å². The number of nitrogens with two attached hydrogens (primary N) is 2. The number of benzene rings is 1. The Balaban J connectivity index is 2.45. The van der Waals surface area contributed by atoms with Crippen LogP contribution in [-0.2, 0) is 0 Å². The molecule has 16 heavy (non-hydrogen) atoms. The van der Waals surface area contributed by atoms with Crippen molar-refractivity contribution in [3.63, 3.8) is 0 Å². The summed E-state index contributed by atoms with van der Waals surface area (Å²) in [6.45, 7) is 1.81. The Bertz CT molecular complexity index is 546. The Morgan fingerprint density at radius 1 is 1.44 bits per heavy atom. The van der Waals surface area contributed by atoms with Crippen LogP contribution in [0.25, 0.3) is 5.69 Å². The van der Waals surface area contributed by atoms with Crippen molar-refractivity contribution in [2.45, 2.75) is 6.92 Å². The second kappa shape index (κ2) is 3.65. The fourth-order valence-electron chi connectivity index (χ4n) is 1.47. The van der Waals surface area contributed by atoms with E-state index in [0.29, 0.717) is 5.56 Å². The minimum atomic E-state index is -0.442. The summed E-state index contributed by atoms with van der Waals surface area (Å²) in [5.74, 6) is -0.237. The van der Waals surface area contributed by atoms with Crippen molar-refractivity contribution in [1.82, 2.24) is 14.8 Å². The van der Waals surface area contributed by atoms with E-state index in [0.717, 1.165) is 11.3 Å². The van der Waals surface area contributed by atoms with E-state index in [9.17, 15) is 4.79 Å². The van der Waals surface area contributed by atoms with E-state index >= 15 is 0 Å². The predicted molar refractivity (Wildman–Crippen MR) is 59.0 cm³/mol. The number of primary amides is 1. The molecule has 0 atom stereocenters. The molecule has 1 aromatic heterocycles. The number of anilines is 1. The van der Waals surface area contributed by atoms with E-state index in [-0.39, 0.29) is 5.95 Å². The van der Waals surface area contributed by atoms with E-state index in [1.807, 2.05) is 6.92 Å². The fourth-order valence-corrected chi connectivity index (χ4v) is 1.47. The number of amides is 1. The summed E-state index contributed by atoms with van der Waals surface area (Å²) in [4.78, 5) is 14.9. The highest BCUT2D eigenvalue weighted by Crippen LogP contribution is 2.13. The molecule has 0 spiro atoms. The molecule has 0 aliphatic rings. The van der Waals surface area contributed by atoms with Crippen LogP contribution < -0.4 is 11.5 Å². The average molecular weight is 217 g/mol. The topological polar surface area (TPSA) is 99.8 Å². The number of rotatable bonds is 2. The largest absolute Gasteiger partial charge is 0.366 e. The first-order valence-electron chi connectivity index (χ1n) is 4.66. The van der Waals surface area contributed by atoms with Crippen molar-refractivity contribution in [1.29, 1.82) is 0 Å². The molecule has 0 unspecified atom stereocenters. The number of hydrogen-bond acceptors (Lipinski definition) is 4. The molecule has 2 rings (SSSR count). The van der Waals surface area contributed by atoms with Gasteiger partial charge in [0.2, 0.25) is 11.9 Å². The summed E-state index contributed by atoms with van der Waals surface area (Å²) in [5.41, 5.74) is 12.7. The lowest BCUT2D eigenvalue weighted by molar-refractivity contribution is 0.0999. The molecule has 0 aliphatic carbocycles. The first-order chi connectivity index (χ1) is 7.58. The van der Waals surface area contributed by atoms with Gasteiger partial charge in [0, 0.05) is 5.56 Å². The van der Waals surface area contributed by atoms with E-state index in [4.69, 9.17) is 11.5 Å². The number of aromatic nitrogens is 3. The number of carbonyl (C=O) groups is 1. The molecule has 0 aliphatic heterocycles. The van der Waals surface area contributed by atoms with Crippen LogP contribution in [0, 0.1) is 6.92 Å². The SMILES string of the molecule is Cc1cc(-n2cnc(N)n2)ccc1C(N)=O. The Morgan fingerprint density at radius 2 is 2.19 bits per heavy atom. The van der Waals surface area contributed by atoms with Crippen LogP contribution in [0.2, 0.25) is 0 Å². The van der Waals surface area contributed by atoms with Crippen molar-refractivity contribution in [3.8, 4) is 5.69 Å². The number of nitrogen functional groups attached to an aromatic ring is 1. The second-order valence-electron chi connectivity index (χ2n) is 3.41. The van der Waals surface area contributed by atoms with Crippen molar-refractivity contribution in [3.05, 3.63) is 35.7 Å². The molecule has 0 radical (unpaired) electrons. The maximum Gasteiger partial charge on any atom is 0.248 e. The molecular weight excluding hydrogens is 206 g/mol. The molecule has 1 amide bonds. The number of hydrogen-bond donors (Lipinski definition) is 2. The maximum absolute atomic E-state index is 11.0. The van der Waals surface area contributed by atoms with Gasteiger partial charge in [-0.15, -0.1) is 5.10 Å². The molecule has 1 aromatic carbocycles. The molecule has 0 saturated carbocycles. The highest BCUT2D eigenvalue weighted by Gasteiger charge is 2.07. The number of carbonyl (C=O) groups excluding carboxylic acids is 1. The summed E-state index contributed by atoms with van der Waals surface area (Å²) in [5, 5.41) is 3.96. The minimum absolute atomic E-state index is 0.205. The van der Waals surface area contributed by atoms with Gasteiger partial charge < -0.3 is 11.5 Å². The van der Waals surface area contributed by atoms with E-state index in [2.05, 4.69) is 10.1 Å². The zero-order chi connectivity index (χ0) is 11.7. The number of aryl methyl sites for hydroxylation is 1. The summed E-state index contributed by atoms with van der Waals surface area (Å²) in [6.07, 6.45) is 1.51. The van der Waals surface area contributed by atoms with Crippen molar-refractivity contribution in [2.24, 2.45) is 5.73 Å². The third kappa shape index (κ3) is 1.72. The third-order valence-corrected chi connectivity index (χ3v) is 2.25. The van der Waals surface area contributed by atoms with Gasteiger partial charge in [-0.25, -0.2) is 9.67 Å². The predicted octanol–water partition coefficient (Wildman–Crippen LogP) is 0.257. The van der Waals surface area contributed by atoms with E-state index in [1.54, 1.807) is 18.2 Å². The summed E-state index contributed by atoms with van der Waals surface area (Å²) in [6, 6.07) is 5.19. The van der Waals surface area contributed by atoms with Crippen LogP contribution in [0.4, 0.5) is 5.95 Å². The van der Waals surface area contributed by atoms with Crippen molar-refractivity contribution in [2.75, 3.05) is 5.73 Å². The lowest BCUT2D eigenvalue weighted by Gasteiger charge is -2.05. The quantitative estimate of drug-likeness (QED) is 0.753. The Kier molecular flexibility index (Phi) is 2.32. The first-order valence-corrected chi connectivity index (χ1v) is 4.66. The zero-order valence-electron chi connectivity index (χ0n) is 8.71. The molecule has 1 heterocycles. The lowest BCUT2D eigenvalue weighted by Crippen LogP contribution is -2.13. The summed E-state index contributed by atoms with van der Waals surface area (Å²) < 4.78 is 1.53. The third-order valence-electron chi connectivity index (χ3n) is 2.25. The monoisotopic (exact) mass is 217 g/mol. The molecule has 4 N–H and O–H groups in total. The standard InChI is InChI=1S/C10H11N5O/c1-6-4-7(2-3-8(6)9(11)16)15-5-13-10(12)14-15/h2-5H,1H3,(H2,11,16)(H2,12,14).